The topological polar surface area (TPSA) is 52.6 Å². The van der Waals surface area contributed by atoms with Gasteiger partial charge in [-0.1, -0.05) is 26.0 Å². The Hall–Kier alpha value is -1.58. The molecule has 2 bridgehead atoms. The molecule has 4 rings (SSSR count). The van der Waals surface area contributed by atoms with Crippen molar-refractivity contribution < 1.29 is 19.1 Å². The molecule has 166 valence electrons. The zero-order valence-electron chi connectivity index (χ0n) is 19.0. The van der Waals surface area contributed by atoms with Crippen LogP contribution in [0.2, 0.25) is 0 Å². The molecule has 30 heavy (non-hydrogen) atoms. The summed E-state index contributed by atoms with van der Waals surface area (Å²) in [4.78, 5) is 25.4. The second-order valence-electron chi connectivity index (χ2n) is 10.9. The minimum Gasteiger partial charge on any atom is -0.469 e. The highest BCUT2D eigenvalue weighted by atomic mass is 16.5. The molecule has 4 fully saturated rings. The number of hydrogen-bond donors (Lipinski definition) is 0. The van der Waals surface area contributed by atoms with E-state index < -0.39 is 5.41 Å². The van der Waals surface area contributed by atoms with Crippen molar-refractivity contribution in [1.29, 1.82) is 0 Å². The Morgan fingerprint density at radius 2 is 1.90 bits per heavy atom. The molecule has 4 nitrogen and oxygen atoms in total. The van der Waals surface area contributed by atoms with Crippen LogP contribution in [0.15, 0.2) is 24.8 Å². The smallest absolute Gasteiger partial charge is 0.311 e. The van der Waals surface area contributed by atoms with E-state index in [-0.39, 0.29) is 28.9 Å². The van der Waals surface area contributed by atoms with E-state index in [0.29, 0.717) is 30.6 Å². The molecule has 0 saturated heterocycles. The molecule has 0 radical (unpaired) electrons. The summed E-state index contributed by atoms with van der Waals surface area (Å²) >= 11 is 0. The van der Waals surface area contributed by atoms with Crippen molar-refractivity contribution in [2.75, 3.05) is 7.11 Å². The summed E-state index contributed by atoms with van der Waals surface area (Å²) in [5.74, 6) is 1.07. The lowest BCUT2D eigenvalue weighted by molar-refractivity contribution is -0.197. The lowest BCUT2D eigenvalue weighted by atomic mass is 9.40. The zero-order chi connectivity index (χ0) is 21.7. The van der Waals surface area contributed by atoms with Gasteiger partial charge in [0.05, 0.1) is 12.5 Å². The molecule has 7 atom stereocenters. The average molecular weight is 415 g/mol. The number of ether oxygens (including phenoxy) is 2. The van der Waals surface area contributed by atoms with Gasteiger partial charge in [0.15, 0.2) is 0 Å². The fourth-order valence-corrected chi connectivity index (χ4v) is 8.41. The normalized spacial score (nSPS) is 44.6. The predicted molar refractivity (Wildman–Crippen MR) is 117 cm³/mol. The molecule has 0 N–H and O–H groups in total. The molecule has 0 aromatic rings. The first-order valence-corrected chi connectivity index (χ1v) is 11.8. The van der Waals surface area contributed by atoms with Crippen LogP contribution in [-0.2, 0) is 19.1 Å². The summed E-state index contributed by atoms with van der Waals surface area (Å²) in [6, 6.07) is 0. The molecule has 4 aliphatic carbocycles. The van der Waals surface area contributed by atoms with Gasteiger partial charge in [0.1, 0.15) is 6.10 Å². The summed E-state index contributed by atoms with van der Waals surface area (Å²) in [5, 5.41) is 0. The summed E-state index contributed by atoms with van der Waals surface area (Å²) in [6.45, 7) is 12.7. The quantitative estimate of drug-likeness (QED) is 0.433. The van der Waals surface area contributed by atoms with Gasteiger partial charge >= 0.3 is 11.9 Å². The maximum atomic E-state index is 12.9. The van der Waals surface area contributed by atoms with Crippen molar-refractivity contribution in [3.8, 4) is 0 Å². The molecule has 0 heterocycles. The minimum absolute atomic E-state index is 0.0105. The Morgan fingerprint density at radius 3 is 2.60 bits per heavy atom. The highest BCUT2D eigenvalue weighted by molar-refractivity contribution is 5.77. The third-order valence-corrected chi connectivity index (χ3v) is 9.63. The number of rotatable bonds is 5. The Bertz CT molecular complexity index is 756. The van der Waals surface area contributed by atoms with Crippen molar-refractivity contribution in [3.63, 3.8) is 0 Å². The molecular formula is C26H38O4. The monoisotopic (exact) mass is 414 g/mol. The van der Waals surface area contributed by atoms with Gasteiger partial charge in [-0.05, 0) is 87.0 Å². The number of methoxy groups -OCH3 is 1. The number of esters is 2. The largest absolute Gasteiger partial charge is 0.469 e. The van der Waals surface area contributed by atoms with Gasteiger partial charge in [-0.2, -0.15) is 0 Å². The van der Waals surface area contributed by atoms with E-state index in [1.807, 2.05) is 0 Å². The number of fused-ring (bicyclic) bond motifs is 3. The average Bonchev–Trinajstić information content (AvgIpc) is 2.91. The van der Waals surface area contributed by atoms with E-state index in [4.69, 9.17) is 9.47 Å². The number of allylic oxidation sites excluding steroid dienone is 1. The standard InChI is InChI=1S/C26H38O4/c1-6-7-9-21(27)30-22-17(2)18-10-11-20-24(3)13-8-14-25(4,23(28)29-5)19(24)12-15-26(20,22)16-18/h6,18-20,22H,1-2,7-16H2,3-5H3/t18-,19+,20+,22+,24-,25-,26-/m1/s1. The van der Waals surface area contributed by atoms with Crippen molar-refractivity contribution in [2.24, 2.45) is 34.0 Å². The van der Waals surface area contributed by atoms with Crippen LogP contribution in [0.3, 0.4) is 0 Å². The molecule has 0 aromatic heterocycles. The van der Waals surface area contributed by atoms with E-state index in [1.54, 1.807) is 6.08 Å². The third kappa shape index (κ3) is 2.92. The van der Waals surface area contributed by atoms with Crippen LogP contribution in [0.1, 0.15) is 78.1 Å². The van der Waals surface area contributed by atoms with Crippen LogP contribution in [0.25, 0.3) is 0 Å². The van der Waals surface area contributed by atoms with Gasteiger partial charge < -0.3 is 9.47 Å². The first kappa shape index (κ1) is 21.6. The van der Waals surface area contributed by atoms with Crippen LogP contribution in [0.5, 0.6) is 0 Å². The van der Waals surface area contributed by atoms with Crippen molar-refractivity contribution >= 4 is 11.9 Å². The lowest BCUT2D eigenvalue weighted by Gasteiger charge is -2.64. The third-order valence-electron chi connectivity index (χ3n) is 9.63. The Labute approximate surface area is 181 Å². The molecule has 0 aromatic carbocycles. The molecule has 4 aliphatic rings. The minimum atomic E-state index is -0.411. The first-order valence-electron chi connectivity index (χ1n) is 11.8. The predicted octanol–water partition coefficient (Wildman–Crippen LogP) is 5.62. The first-order chi connectivity index (χ1) is 14.2. The maximum absolute atomic E-state index is 12.9. The van der Waals surface area contributed by atoms with Gasteiger partial charge in [-0.15, -0.1) is 6.58 Å². The lowest BCUT2D eigenvalue weighted by Crippen LogP contribution is -2.60. The van der Waals surface area contributed by atoms with E-state index in [2.05, 4.69) is 27.0 Å². The fourth-order valence-electron chi connectivity index (χ4n) is 8.41. The van der Waals surface area contributed by atoms with Crippen LogP contribution >= 0.6 is 0 Å². The van der Waals surface area contributed by atoms with Crippen molar-refractivity contribution in [3.05, 3.63) is 24.8 Å². The van der Waals surface area contributed by atoms with Gasteiger partial charge in [0, 0.05) is 11.8 Å². The van der Waals surface area contributed by atoms with Gasteiger partial charge in [-0.25, -0.2) is 0 Å². The highest BCUT2D eigenvalue weighted by Crippen LogP contribution is 2.72. The Kier molecular flexibility index (Phi) is 5.43. The van der Waals surface area contributed by atoms with Gasteiger partial charge in [0.2, 0.25) is 0 Å². The fraction of sp³-hybridized carbons (Fsp3) is 0.769. The summed E-state index contributed by atoms with van der Waals surface area (Å²) < 4.78 is 11.4. The zero-order valence-corrected chi connectivity index (χ0v) is 19.0. The van der Waals surface area contributed by atoms with E-state index in [9.17, 15) is 9.59 Å². The number of hydrogen-bond acceptors (Lipinski definition) is 4. The highest BCUT2D eigenvalue weighted by Gasteiger charge is 2.68. The van der Waals surface area contributed by atoms with E-state index in [1.165, 1.54) is 7.11 Å². The molecule has 1 spiro atoms. The van der Waals surface area contributed by atoms with Crippen molar-refractivity contribution in [2.45, 2.75) is 84.2 Å². The summed E-state index contributed by atoms with van der Waals surface area (Å²) in [7, 11) is 1.52. The van der Waals surface area contributed by atoms with Gasteiger partial charge in [-0.3, -0.25) is 9.59 Å². The van der Waals surface area contributed by atoms with Crippen LogP contribution in [-0.4, -0.2) is 25.2 Å². The number of carbonyl (C=O) groups is 2. The number of carbonyl (C=O) groups excluding carboxylic acids is 2. The van der Waals surface area contributed by atoms with Crippen LogP contribution in [0, 0.1) is 34.0 Å². The summed E-state index contributed by atoms with van der Waals surface area (Å²) in [5.41, 5.74) is 0.786. The van der Waals surface area contributed by atoms with E-state index in [0.717, 1.165) is 56.9 Å². The molecule has 0 unspecified atom stereocenters. The van der Waals surface area contributed by atoms with Crippen LogP contribution in [0.4, 0.5) is 0 Å². The molecular weight excluding hydrogens is 376 g/mol. The maximum Gasteiger partial charge on any atom is 0.311 e. The second kappa shape index (κ2) is 7.53. The van der Waals surface area contributed by atoms with Crippen LogP contribution < -0.4 is 0 Å². The van der Waals surface area contributed by atoms with Gasteiger partial charge in [0.25, 0.3) is 0 Å². The Morgan fingerprint density at radius 1 is 1.13 bits per heavy atom. The second-order valence-corrected chi connectivity index (χ2v) is 10.9. The molecule has 0 aliphatic heterocycles. The summed E-state index contributed by atoms with van der Waals surface area (Å²) in [6.07, 6.45) is 11.1. The molecule has 4 saturated carbocycles. The van der Waals surface area contributed by atoms with Crippen molar-refractivity contribution in [1.82, 2.24) is 0 Å². The molecule has 4 heteroatoms. The Balaban J connectivity index is 1.68. The SMILES string of the molecule is C=CCCC(=O)O[C@H]1C(=C)[C@@H]2CC[C@H]3[C@]4(C)CCC[C@@](C)(C(=O)OC)[C@H]4CC[C@]13C2. The van der Waals surface area contributed by atoms with E-state index >= 15 is 0 Å². The molecule has 0 amide bonds.